The fourth-order valence-electron chi connectivity index (χ4n) is 2.27. The number of pyridine rings is 1. The van der Waals surface area contributed by atoms with Crippen LogP contribution in [0.15, 0.2) is 59.3 Å². The van der Waals surface area contributed by atoms with Crippen LogP contribution in [0.2, 0.25) is 5.02 Å². The number of thioether (sulfide) groups is 1. The number of furan rings is 1. The van der Waals surface area contributed by atoms with E-state index in [0.717, 1.165) is 5.56 Å². The summed E-state index contributed by atoms with van der Waals surface area (Å²) in [5.74, 6) is 1.22. The van der Waals surface area contributed by atoms with Gasteiger partial charge in [0.05, 0.1) is 5.75 Å². The summed E-state index contributed by atoms with van der Waals surface area (Å²) < 4.78 is 19.3. The Bertz CT molecular complexity index is 866. The number of aromatic nitrogens is 1. The lowest BCUT2D eigenvalue weighted by molar-refractivity contribution is 0.0921. The molecule has 0 radical (unpaired) electrons. The number of amides is 1. The smallest absolute Gasteiger partial charge is 0.287 e. The van der Waals surface area contributed by atoms with Crippen LogP contribution in [0.1, 0.15) is 27.4 Å². The predicted molar refractivity (Wildman–Crippen MR) is 101 cm³/mol. The van der Waals surface area contributed by atoms with Crippen molar-refractivity contribution in [3.63, 3.8) is 0 Å². The van der Waals surface area contributed by atoms with Crippen LogP contribution in [-0.4, -0.2) is 10.9 Å². The van der Waals surface area contributed by atoms with Gasteiger partial charge in [0, 0.05) is 35.3 Å². The Hall–Kier alpha value is -2.31. The van der Waals surface area contributed by atoms with Crippen molar-refractivity contribution in [3.05, 3.63) is 88.3 Å². The lowest BCUT2D eigenvalue weighted by Crippen LogP contribution is -2.22. The normalized spacial score (nSPS) is 10.7. The summed E-state index contributed by atoms with van der Waals surface area (Å²) in [7, 11) is 0. The second-order valence-electron chi connectivity index (χ2n) is 5.50. The number of rotatable bonds is 7. The van der Waals surface area contributed by atoms with Crippen molar-refractivity contribution in [2.24, 2.45) is 0 Å². The number of hydrogen-bond donors (Lipinski definition) is 1. The Morgan fingerprint density at radius 3 is 2.85 bits per heavy atom. The molecule has 0 bridgehead atoms. The van der Waals surface area contributed by atoms with Gasteiger partial charge in [0.25, 0.3) is 5.91 Å². The van der Waals surface area contributed by atoms with E-state index in [2.05, 4.69) is 10.3 Å². The monoisotopic (exact) mass is 390 g/mol. The molecule has 2 aromatic heterocycles. The molecule has 0 aliphatic carbocycles. The third-order valence-electron chi connectivity index (χ3n) is 3.61. The minimum Gasteiger partial charge on any atom is -0.455 e. The SMILES string of the molecule is O=C(NCc1cccnc1)c1ccc(CSCc2c(F)cccc2Cl)o1. The molecule has 134 valence electrons. The maximum absolute atomic E-state index is 13.7. The summed E-state index contributed by atoms with van der Waals surface area (Å²) in [5.41, 5.74) is 1.38. The molecule has 3 rings (SSSR count). The lowest BCUT2D eigenvalue weighted by atomic mass is 10.2. The molecular formula is C19H16ClFN2O2S. The molecule has 0 atom stereocenters. The number of halogens is 2. The van der Waals surface area contributed by atoms with Crippen LogP contribution in [-0.2, 0) is 18.1 Å². The Balaban J connectivity index is 1.50. The second kappa shape index (κ2) is 8.87. The van der Waals surface area contributed by atoms with Crippen molar-refractivity contribution < 1.29 is 13.6 Å². The standard InChI is InChI=1S/C19H16ClFN2O2S/c20-16-4-1-5-17(21)15(16)12-26-11-14-6-7-18(25-14)19(24)23-10-13-3-2-8-22-9-13/h1-9H,10-12H2,(H,23,24). The highest BCUT2D eigenvalue weighted by Crippen LogP contribution is 2.26. The van der Waals surface area contributed by atoms with Crippen molar-refractivity contribution in [2.75, 3.05) is 0 Å². The zero-order valence-electron chi connectivity index (χ0n) is 13.7. The molecule has 1 aromatic carbocycles. The Morgan fingerprint density at radius 1 is 1.19 bits per heavy atom. The molecule has 0 fully saturated rings. The van der Waals surface area contributed by atoms with Gasteiger partial charge in [-0.2, -0.15) is 0 Å². The Morgan fingerprint density at radius 2 is 2.08 bits per heavy atom. The summed E-state index contributed by atoms with van der Waals surface area (Å²) in [6, 6.07) is 11.7. The first-order valence-electron chi connectivity index (χ1n) is 7.90. The summed E-state index contributed by atoms with van der Waals surface area (Å²) in [5, 5.41) is 3.19. The highest BCUT2D eigenvalue weighted by Gasteiger charge is 2.12. The maximum atomic E-state index is 13.7. The van der Waals surface area contributed by atoms with Crippen LogP contribution in [0.3, 0.4) is 0 Å². The number of carbonyl (C=O) groups excluding carboxylic acids is 1. The molecule has 7 heteroatoms. The van der Waals surface area contributed by atoms with Gasteiger partial charge in [0.2, 0.25) is 0 Å². The summed E-state index contributed by atoms with van der Waals surface area (Å²) in [6.45, 7) is 0.378. The molecule has 0 unspecified atom stereocenters. The number of carbonyl (C=O) groups is 1. The minimum atomic E-state index is -0.320. The molecule has 1 amide bonds. The largest absolute Gasteiger partial charge is 0.455 e. The van der Waals surface area contributed by atoms with Crippen molar-refractivity contribution in [3.8, 4) is 0 Å². The van der Waals surface area contributed by atoms with E-state index in [1.54, 1.807) is 36.7 Å². The van der Waals surface area contributed by atoms with Gasteiger partial charge in [0.1, 0.15) is 11.6 Å². The van der Waals surface area contributed by atoms with Crippen LogP contribution in [0.5, 0.6) is 0 Å². The van der Waals surface area contributed by atoms with E-state index in [1.807, 2.05) is 12.1 Å². The van der Waals surface area contributed by atoms with Gasteiger partial charge in [-0.25, -0.2) is 4.39 Å². The van der Waals surface area contributed by atoms with Crippen molar-refractivity contribution in [2.45, 2.75) is 18.1 Å². The first-order chi connectivity index (χ1) is 12.6. The lowest BCUT2D eigenvalue weighted by Gasteiger charge is -2.05. The summed E-state index contributed by atoms with van der Waals surface area (Å²) in [4.78, 5) is 16.1. The van der Waals surface area contributed by atoms with Crippen LogP contribution in [0.25, 0.3) is 0 Å². The molecule has 4 nitrogen and oxygen atoms in total. The van der Waals surface area contributed by atoms with E-state index in [1.165, 1.54) is 17.8 Å². The zero-order chi connectivity index (χ0) is 18.4. The Kier molecular flexibility index (Phi) is 6.30. The molecule has 3 aromatic rings. The second-order valence-corrected chi connectivity index (χ2v) is 6.90. The molecule has 0 aliphatic rings. The van der Waals surface area contributed by atoms with Crippen LogP contribution in [0.4, 0.5) is 4.39 Å². The van der Waals surface area contributed by atoms with E-state index in [0.29, 0.717) is 34.4 Å². The third-order valence-corrected chi connectivity index (χ3v) is 4.95. The fourth-order valence-corrected chi connectivity index (χ4v) is 3.54. The quantitative estimate of drug-likeness (QED) is 0.627. The predicted octanol–water partition coefficient (Wildman–Crippen LogP) is 4.83. The van der Waals surface area contributed by atoms with Crippen LogP contribution >= 0.6 is 23.4 Å². The van der Waals surface area contributed by atoms with Crippen molar-refractivity contribution >= 4 is 29.3 Å². The number of nitrogens with zero attached hydrogens (tertiary/aromatic N) is 1. The highest BCUT2D eigenvalue weighted by atomic mass is 35.5. The van der Waals surface area contributed by atoms with Crippen LogP contribution < -0.4 is 5.32 Å². The van der Waals surface area contributed by atoms with E-state index in [4.69, 9.17) is 16.0 Å². The first-order valence-corrected chi connectivity index (χ1v) is 9.43. The molecule has 0 aliphatic heterocycles. The van der Waals surface area contributed by atoms with Gasteiger partial charge < -0.3 is 9.73 Å². The number of hydrogen-bond acceptors (Lipinski definition) is 4. The third kappa shape index (κ3) is 4.86. The number of nitrogens with one attached hydrogen (secondary N) is 1. The molecule has 2 heterocycles. The molecule has 0 spiro atoms. The molecule has 0 saturated heterocycles. The van der Waals surface area contributed by atoms with Gasteiger partial charge in [-0.15, -0.1) is 11.8 Å². The van der Waals surface area contributed by atoms with E-state index in [-0.39, 0.29) is 17.5 Å². The van der Waals surface area contributed by atoms with Gasteiger partial charge in [0.15, 0.2) is 5.76 Å². The first kappa shape index (κ1) is 18.5. The number of benzene rings is 1. The molecule has 26 heavy (non-hydrogen) atoms. The zero-order valence-corrected chi connectivity index (χ0v) is 15.3. The van der Waals surface area contributed by atoms with E-state index in [9.17, 15) is 9.18 Å². The van der Waals surface area contributed by atoms with Gasteiger partial charge in [-0.05, 0) is 35.9 Å². The highest BCUT2D eigenvalue weighted by molar-refractivity contribution is 7.97. The topological polar surface area (TPSA) is 55.1 Å². The fraction of sp³-hybridized carbons (Fsp3) is 0.158. The van der Waals surface area contributed by atoms with Gasteiger partial charge in [-0.1, -0.05) is 23.7 Å². The van der Waals surface area contributed by atoms with Crippen molar-refractivity contribution in [1.29, 1.82) is 0 Å². The van der Waals surface area contributed by atoms with E-state index < -0.39 is 0 Å². The van der Waals surface area contributed by atoms with Crippen molar-refractivity contribution in [1.82, 2.24) is 10.3 Å². The molecule has 1 N–H and O–H groups in total. The maximum Gasteiger partial charge on any atom is 0.287 e. The molecular weight excluding hydrogens is 375 g/mol. The molecule has 0 saturated carbocycles. The van der Waals surface area contributed by atoms with Crippen LogP contribution in [0, 0.1) is 5.82 Å². The minimum absolute atomic E-state index is 0.244. The average molecular weight is 391 g/mol. The average Bonchev–Trinajstić information content (AvgIpc) is 3.12. The van der Waals surface area contributed by atoms with E-state index >= 15 is 0 Å². The Labute approximate surface area is 159 Å². The van der Waals surface area contributed by atoms with Gasteiger partial charge in [-0.3, -0.25) is 9.78 Å². The van der Waals surface area contributed by atoms with Gasteiger partial charge >= 0.3 is 0 Å². The summed E-state index contributed by atoms with van der Waals surface area (Å²) >= 11 is 7.47. The summed E-state index contributed by atoms with van der Waals surface area (Å²) in [6.07, 6.45) is 3.37.